The van der Waals surface area contributed by atoms with Gasteiger partial charge in [0, 0.05) is 26.2 Å². The average molecular weight is 337 g/mol. The molecule has 0 saturated carbocycles. The zero-order valence-electron chi connectivity index (χ0n) is 15.8. The highest BCUT2D eigenvalue weighted by Gasteiger charge is 2.07. The minimum Gasteiger partial charge on any atom is -0.357 e. The highest BCUT2D eigenvalue weighted by Crippen LogP contribution is 2.15. The number of aromatic nitrogens is 3. The van der Waals surface area contributed by atoms with Crippen LogP contribution in [0, 0.1) is 5.92 Å². The molecule has 24 heavy (non-hydrogen) atoms. The lowest BCUT2D eigenvalue weighted by atomic mass is 9.97. The van der Waals surface area contributed by atoms with Crippen molar-refractivity contribution < 1.29 is 0 Å². The minimum atomic E-state index is 0.721. The van der Waals surface area contributed by atoms with Crippen LogP contribution in [-0.2, 0) is 6.54 Å². The Morgan fingerprint density at radius 1 is 1.00 bits per heavy atom. The van der Waals surface area contributed by atoms with Gasteiger partial charge in [0.2, 0.25) is 0 Å². The fourth-order valence-corrected chi connectivity index (χ4v) is 2.75. The predicted molar refractivity (Wildman–Crippen MR) is 101 cm³/mol. The number of aryl methyl sites for hydroxylation is 1. The van der Waals surface area contributed by atoms with E-state index in [0.29, 0.717) is 0 Å². The van der Waals surface area contributed by atoms with Gasteiger partial charge in [-0.15, -0.1) is 10.2 Å². The lowest BCUT2D eigenvalue weighted by Gasteiger charge is -2.16. The molecular weight excluding hydrogens is 300 g/mol. The molecule has 0 amide bonds. The van der Waals surface area contributed by atoms with Crippen molar-refractivity contribution in [3.8, 4) is 0 Å². The third-order valence-corrected chi connectivity index (χ3v) is 4.12. The monoisotopic (exact) mass is 336 g/mol. The Labute approximate surface area is 147 Å². The molecule has 0 aliphatic rings. The van der Waals surface area contributed by atoms with Crippen molar-refractivity contribution in [1.29, 1.82) is 0 Å². The van der Waals surface area contributed by atoms with Gasteiger partial charge in [-0.3, -0.25) is 4.99 Å². The molecule has 1 rings (SSSR count). The molecule has 6 nitrogen and oxygen atoms in total. The molecule has 2 N–H and O–H groups in total. The number of nitrogens with zero attached hydrogens (tertiary/aromatic N) is 4. The molecule has 0 aromatic carbocycles. The zero-order valence-corrected chi connectivity index (χ0v) is 15.8. The number of rotatable bonds is 13. The first kappa shape index (κ1) is 20.5. The van der Waals surface area contributed by atoms with Crippen LogP contribution in [0.5, 0.6) is 0 Å². The van der Waals surface area contributed by atoms with Crippen LogP contribution in [0.1, 0.15) is 65.7 Å². The van der Waals surface area contributed by atoms with Gasteiger partial charge in [0.25, 0.3) is 0 Å². The minimum absolute atomic E-state index is 0.721. The van der Waals surface area contributed by atoms with Crippen LogP contribution in [0.2, 0.25) is 0 Å². The smallest absolute Gasteiger partial charge is 0.191 e. The molecule has 1 aromatic heterocycles. The Kier molecular flexibility index (Phi) is 11.8. The second-order valence-electron chi connectivity index (χ2n) is 6.35. The van der Waals surface area contributed by atoms with Gasteiger partial charge in [-0.25, -0.2) is 0 Å². The number of aliphatic imine (C=N–C) groups is 1. The van der Waals surface area contributed by atoms with Crippen LogP contribution in [-0.4, -0.2) is 40.4 Å². The lowest BCUT2D eigenvalue weighted by Crippen LogP contribution is -2.38. The lowest BCUT2D eigenvalue weighted by molar-refractivity contribution is 0.438. The van der Waals surface area contributed by atoms with Gasteiger partial charge in [-0.1, -0.05) is 33.1 Å². The third kappa shape index (κ3) is 9.53. The van der Waals surface area contributed by atoms with Crippen molar-refractivity contribution in [2.75, 3.05) is 19.6 Å². The topological polar surface area (TPSA) is 67.1 Å². The molecule has 1 unspecified atom stereocenters. The SMILES string of the molecule is CCCCC(CCC)CN=C(NCC)NCCCCn1cnnc1. The quantitative estimate of drug-likeness (QED) is 0.330. The molecule has 138 valence electrons. The fraction of sp³-hybridized carbons (Fsp3) is 0.833. The summed E-state index contributed by atoms with van der Waals surface area (Å²) in [7, 11) is 0. The van der Waals surface area contributed by atoms with Gasteiger partial charge < -0.3 is 15.2 Å². The molecule has 6 heteroatoms. The summed E-state index contributed by atoms with van der Waals surface area (Å²) in [4.78, 5) is 4.80. The molecule has 0 bridgehead atoms. The van der Waals surface area contributed by atoms with Crippen molar-refractivity contribution in [2.24, 2.45) is 10.9 Å². The Bertz CT molecular complexity index is 415. The summed E-state index contributed by atoms with van der Waals surface area (Å²) in [5, 5.41) is 14.4. The fourth-order valence-electron chi connectivity index (χ4n) is 2.75. The molecule has 0 aliphatic heterocycles. The predicted octanol–water partition coefficient (Wildman–Crippen LogP) is 3.22. The van der Waals surface area contributed by atoms with E-state index in [4.69, 9.17) is 4.99 Å². The maximum absolute atomic E-state index is 4.80. The molecule has 0 spiro atoms. The van der Waals surface area contributed by atoms with E-state index in [1.54, 1.807) is 12.7 Å². The Balaban J connectivity index is 2.29. The zero-order chi connectivity index (χ0) is 17.5. The summed E-state index contributed by atoms with van der Waals surface area (Å²) < 4.78 is 2.02. The van der Waals surface area contributed by atoms with Crippen molar-refractivity contribution in [2.45, 2.75) is 72.3 Å². The van der Waals surface area contributed by atoms with Crippen LogP contribution >= 0.6 is 0 Å². The van der Waals surface area contributed by atoms with Crippen LogP contribution in [0.25, 0.3) is 0 Å². The molecule has 0 aliphatic carbocycles. The van der Waals surface area contributed by atoms with E-state index in [1.165, 1.54) is 32.1 Å². The van der Waals surface area contributed by atoms with E-state index < -0.39 is 0 Å². The Morgan fingerprint density at radius 3 is 2.46 bits per heavy atom. The summed E-state index contributed by atoms with van der Waals surface area (Å²) >= 11 is 0. The first-order valence-corrected chi connectivity index (χ1v) is 9.64. The summed E-state index contributed by atoms with van der Waals surface area (Å²) in [6.07, 6.45) is 12.2. The highest BCUT2D eigenvalue weighted by atomic mass is 15.2. The molecule has 0 saturated heterocycles. The van der Waals surface area contributed by atoms with Gasteiger partial charge in [0.15, 0.2) is 5.96 Å². The second-order valence-corrected chi connectivity index (χ2v) is 6.35. The third-order valence-electron chi connectivity index (χ3n) is 4.12. The van der Waals surface area contributed by atoms with Gasteiger partial charge >= 0.3 is 0 Å². The van der Waals surface area contributed by atoms with Crippen molar-refractivity contribution in [3.63, 3.8) is 0 Å². The van der Waals surface area contributed by atoms with E-state index in [2.05, 4.69) is 41.6 Å². The number of guanidine groups is 1. The summed E-state index contributed by atoms with van der Waals surface area (Å²) in [5.74, 6) is 1.68. The largest absolute Gasteiger partial charge is 0.357 e. The summed E-state index contributed by atoms with van der Waals surface area (Å²) in [6, 6.07) is 0. The Morgan fingerprint density at radius 2 is 1.79 bits per heavy atom. The summed E-state index contributed by atoms with van der Waals surface area (Å²) in [6.45, 7) is 10.4. The highest BCUT2D eigenvalue weighted by molar-refractivity contribution is 5.79. The van der Waals surface area contributed by atoms with Gasteiger partial charge in [-0.05, 0) is 38.5 Å². The molecular formula is C18H36N6. The maximum Gasteiger partial charge on any atom is 0.191 e. The van der Waals surface area contributed by atoms with Crippen molar-refractivity contribution in [3.05, 3.63) is 12.7 Å². The van der Waals surface area contributed by atoms with Crippen molar-refractivity contribution >= 4 is 5.96 Å². The molecule has 1 aromatic rings. The molecule has 0 fully saturated rings. The van der Waals surface area contributed by atoms with Crippen molar-refractivity contribution in [1.82, 2.24) is 25.4 Å². The van der Waals surface area contributed by atoms with Crippen LogP contribution in [0.15, 0.2) is 17.6 Å². The van der Waals surface area contributed by atoms with E-state index in [9.17, 15) is 0 Å². The standard InChI is InChI=1S/C18H36N6/c1-4-7-11-17(10-5-2)14-21-18(19-6-3)20-12-8-9-13-24-15-22-23-16-24/h15-17H,4-14H2,1-3H3,(H2,19,20,21). The van der Waals surface area contributed by atoms with E-state index in [-0.39, 0.29) is 0 Å². The number of hydrogen-bond acceptors (Lipinski definition) is 3. The van der Waals surface area contributed by atoms with E-state index >= 15 is 0 Å². The first-order chi connectivity index (χ1) is 11.8. The number of nitrogens with one attached hydrogen (secondary N) is 2. The van der Waals surface area contributed by atoms with E-state index in [1.807, 2.05) is 4.57 Å². The number of unbranched alkanes of at least 4 members (excludes halogenated alkanes) is 2. The van der Waals surface area contributed by atoms with Crippen LogP contribution in [0.3, 0.4) is 0 Å². The van der Waals surface area contributed by atoms with E-state index in [0.717, 1.165) is 50.9 Å². The molecule has 0 radical (unpaired) electrons. The maximum atomic E-state index is 4.80. The van der Waals surface area contributed by atoms with Gasteiger partial charge in [0.1, 0.15) is 12.7 Å². The Hall–Kier alpha value is -1.59. The number of hydrogen-bond donors (Lipinski definition) is 2. The summed E-state index contributed by atoms with van der Waals surface area (Å²) in [5.41, 5.74) is 0. The average Bonchev–Trinajstić information content (AvgIpc) is 3.10. The second kappa shape index (κ2) is 13.8. The van der Waals surface area contributed by atoms with Crippen LogP contribution < -0.4 is 10.6 Å². The van der Waals surface area contributed by atoms with Crippen LogP contribution in [0.4, 0.5) is 0 Å². The molecule has 1 atom stereocenters. The molecule has 1 heterocycles. The first-order valence-electron chi connectivity index (χ1n) is 9.64. The normalized spacial score (nSPS) is 13.0. The van der Waals surface area contributed by atoms with Gasteiger partial charge in [-0.2, -0.15) is 0 Å². The van der Waals surface area contributed by atoms with Gasteiger partial charge in [0.05, 0.1) is 0 Å².